The van der Waals surface area contributed by atoms with Crippen LogP contribution in [0.1, 0.15) is 19.3 Å². The van der Waals surface area contributed by atoms with Crippen LogP contribution in [0.3, 0.4) is 0 Å². The quantitative estimate of drug-likeness (QED) is 0.614. The van der Waals surface area contributed by atoms with Crippen molar-refractivity contribution in [2.24, 2.45) is 0 Å². The summed E-state index contributed by atoms with van der Waals surface area (Å²) in [7, 11) is 3.67. The smallest absolute Gasteiger partial charge is 0.311 e. The van der Waals surface area contributed by atoms with Crippen LogP contribution in [0.15, 0.2) is 18.2 Å². The lowest BCUT2D eigenvalue weighted by Crippen LogP contribution is -2.49. The third-order valence-corrected chi connectivity index (χ3v) is 5.48. The number of nitro benzene ring substituents is 1. The minimum atomic E-state index is -0.394. The van der Waals surface area contributed by atoms with Crippen LogP contribution >= 0.6 is 0 Å². The van der Waals surface area contributed by atoms with Crippen LogP contribution < -0.4 is 9.64 Å². The maximum atomic E-state index is 11.1. The van der Waals surface area contributed by atoms with Crippen molar-refractivity contribution >= 4 is 11.4 Å². The number of hydrogen-bond donors (Lipinski definition) is 0. The maximum absolute atomic E-state index is 11.1. The molecule has 138 valence electrons. The van der Waals surface area contributed by atoms with Crippen molar-refractivity contribution in [2.75, 3.05) is 58.3 Å². The van der Waals surface area contributed by atoms with Crippen molar-refractivity contribution in [1.82, 2.24) is 9.80 Å². The molecule has 2 aliphatic heterocycles. The van der Waals surface area contributed by atoms with E-state index in [0.29, 0.717) is 11.8 Å². The normalized spacial score (nSPS) is 23.3. The SMILES string of the molecule is COc1cc(N2CCCC(N3CCN(C)CC3)CC2)ccc1[N+](=O)[O-]. The highest BCUT2D eigenvalue weighted by molar-refractivity contribution is 5.59. The molecule has 0 saturated carbocycles. The predicted molar refractivity (Wildman–Crippen MR) is 98.6 cm³/mol. The van der Waals surface area contributed by atoms with Gasteiger partial charge in [-0.1, -0.05) is 0 Å². The van der Waals surface area contributed by atoms with Gasteiger partial charge in [0.05, 0.1) is 12.0 Å². The number of methoxy groups -OCH3 is 1. The Bertz CT molecular complexity index is 602. The van der Waals surface area contributed by atoms with Gasteiger partial charge < -0.3 is 14.5 Å². The fraction of sp³-hybridized carbons (Fsp3) is 0.667. The number of likely N-dealkylation sites (N-methyl/N-ethyl adjacent to an activating group) is 1. The van der Waals surface area contributed by atoms with Crippen molar-refractivity contribution in [3.8, 4) is 5.75 Å². The number of nitrogens with zero attached hydrogens (tertiary/aromatic N) is 4. The minimum absolute atomic E-state index is 0.0244. The van der Waals surface area contributed by atoms with Gasteiger partial charge in [-0.05, 0) is 32.4 Å². The zero-order valence-electron chi connectivity index (χ0n) is 15.2. The van der Waals surface area contributed by atoms with Gasteiger partial charge in [-0.15, -0.1) is 0 Å². The van der Waals surface area contributed by atoms with Gasteiger partial charge >= 0.3 is 5.69 Å². The number of nitro groups is 1. The number of benzene rings is 1. The van der Waals surface area contributed by atoms with E-state index < -0.39 is 4.92 Å². The van der Waals surface area contributed by atoms with Gasteiger partial charge in [0.25, 0.3) is 0 Å². The van der Waals surface area contributed by atoms with E-state index in [1.54, 1.807) is 12.1 Å². The van der Waals surface area contributed by atoms with E-state index in [1.165, 1.54) is 13.5 Å². The van der Waals surface area contributed by atoms with Crippen LogP contribution in [0.25, 0.3) is 0 Å². The lowest BCUT2D eigenvalue weighted by molar-refractivity contribution is -0.385. The second kappa shape index (κ2) is 8.01. The minimum Gasteiger partial charge on any atom is -0.490 e. The van der Waals surface area contributed by atoms with Crippen molar-refractivity contribution in [3.63, 3.8) is 0 Å². The largest absolute Gasteiger partial charge is 0.490 e. The molecule has 2 fully saturated rings. The molecule has 2 saturated heterocycles. The third-order valence-electron chi connectivity index (χ3n) is 5.48. The second-order valence-corrected chi connectivity index (χ2v) is 7.02. The summed E-state index contributed by atoms with van der Waals surface area (Å²) >= 11 is 0. The molecule has 0 spiro atoms. The van der Waals surface area contributed by atoms with Gasteiger partial charge in [0.2, 0.25) is 0 Å². The van der Waals surface area contributed by atoms with Crippen LogP contribution in [0.2, 0.25) is 0 Å². The lowest BCUT2D eigenvalue weighted by Gasteiger charge is -2.37. The van der Waals surface area contributed by atoms with Crippen LogP contribution in [0.5, 0.6) is 5.75 Å². The fourth-order valence-corrected chi connectivity index (χ4v) is 3.90. The summed E-state index contributed by atoms with van der Waals surface area (Å²) < 4.78 is 5.21. The summed E-state index contributed by atoms with van der Waals surface area (Å²) in [5.41, 5.74) is 1.04. The first-order chi connectivity index (χ1) is 12.1. The average Bonchev–Trinajstić information content (AvgIpc) is 2.88. The van der Waals surface area contributed by atoms with Gasteiger partial charge in [-0.25, -0.2) is 0 Å². The molecule has 0 aromatic heterocycles. The van der Waals surface area contributed by atoms with Crippen LogP contribution in [0.4, 0.5) is 11.4 Å². The highest BCUT2D eigenvalue weighted by Gasteiger charge is 2.26. The number of ether oxygens (including phenoxy) is 1. The van der Waals surface area contributed by atoms with Crippen molar-refractivity contribution in [2.45, 2.75) is 25.3 Å². The zero-order chi connectivity index (χ0) is 17.8. The average molecular weight is 348 g/mol. The highest BCUT2D eigenvalue weighted by Crippen LogP contribution is 2.32. The summed E-state index contributed by atoms with van der Waals surface area (Å²) in [4.78, 5) is 18.0. The number of rotatable bonds is 4. The van der Waals surface area contributed by atoms with Crippen molar-refractivity contribution in [1.29, 1.82) is 0 Å². The Morgan fingerprint density at radius 3 is 2.56 bits per heavy atom. The molecule has 2 heterocycles. The second-order valence-electron chi connectivity index (χ2n) is 7.02. The number of hydrogen-bond acceptors (Lipinski definition) is 6. The van der Waals surface area contributed by atoms with Gasteiger partial charge in [-0.3, -0.25) is 15.0 Å². The summed E-state index contributed by atoms with van der Waals surface area (Å²) in [6.45, 7) is 6.60. The molecule has 1 aromatic carbocycles. The maximum Gasteiger partial charge on any atom is 0.311 e. The molecule has 1 atom stereocenters. The molecule has 7 heteroatoms. The predicted octanol–water partition coefficient (Wildman–Crippen LogP) is 2.21. The van der Waals surface area contributed by atoms with Crippen molar-refractivity contribution in [3.05, 3.63) is 28.3 Å². The van der Waals surface area contributed by atoms with E-state index in [9.17, 15) is 10.1 Å². The molecule has 7 nitrogen and oxygen atoms in total. The topological polar surface area (TPSA) is 62.1 Å². The van der Waals surface area contributed by atoms with Crippen LogP contribution in [-0.2, 0) is 0 Å². The molecule has 0 radical (unpaired) electrons. The highest BCUT2D eigenvalue weighted by atomic mass is 16.6. The summed E-state index contributed by atoms with van der Waals surface area (Å²) in [6, 6.07) is 5.85. The monoisotopic (exact) mass is 348 g/mol. The van der Waals surface area contributed by atoms with Gasteiger partial charge in [0.15, 0.2) is 5.75 Å². The molecule has 1 unspecified atom stereocenters. The lowest BCUT2D eigenvalue weighted by atomic mass is 10.1. The number of piperazine rings is 1. The Balaban J connectivity index is 1.66. The number of anilines is 1. The molecule has 25 heavy (non-hydrogen) atoms. The Morgan fingerprint density at radius 1 is 1.12 bits per heavy atom. The molecule has 3 rings (SSSR count). The van der Waals surface area contributed by atoms with E-state index in [-0.39, 0.29) is 5.69 Å². The Hall–Kier alpha value is -1.86. The molecule has 1 aromatic rings. The van der Waals surface area contributed by atoms with Crippen LogP contribution in [-0.4, -0.2) is 74.2 Å². The van der Waals surface area contributed by atoms with Gasteiger partial charge in [0.1, 0.15) is 0 Å². The van der Waals surface area contributed by atoms with E-state index in [2.05, 4.69) is 21.7 Å². The standard InChI is InChI=1S/C18H28N4O3/c1-19-10-12-21(13-11-19)15-4-3-8-20(9-7-15)16-5-6-17(22(23)24)18(14-16)25-2/h5-6,14-15H,3-4,7-13H2,1-2H3. The summed E-state index contributed by atoms with van der Waals surface area (Å²) in [5.74, 6) is 0.336. The van der Waals surface area contributed by atoms with E-state index in [4.69, 9.17) is 4.74 Å². The first-order valence-electron chi connectivity index (χ1n) is 9.08. The molecule has 0 N–H and O–H groups in total. The zero-order valence-corrected chi connectivity index (χ0v) is 15.2. The van der Waals surface area contributed by atoms with Gasteiger partial charge in [0, 0.05) is 63.1 Å². The van der Waals surface area contributed by atoms with Crippen molar-refractivity contribution < 1.29 is 9.66 Å². The fourth-order valence-electron chi connectivity index (χ4n) is 3.90. The molecular weight excluding hydrogens is 320 g/mol. The molecule has 0 amide bonds. The van der Waals surface area contributed by atoms with E-state index in [1.807, 2.05) is 6.07 Å². The first kappa shape index (κ1) is 17.9. The summed E-state index contributed by atoms with van der Waals surface area (Å²) in [5, 5.41) is 11.1. The first-order valence-corrected chi connectivity index (χ1v) is 9.08. The van der Waals surface area contributed by atoms with Crippen LogP contribution in [0, 0.1) is 10.1 Å². The van der Waals surface area contributed by atoms with E-state index in [0.717, 1.165) is 57.8 Å². The Morgan fingerprint density at radius 2 is 1.88 bits per heavy atom. The summed E-state index contributed by atoms with van der Waals surface area (Å²) in [6.07, 6.45) is 3.52. The van der Waals surface area contributed by atoms with E-state index >= 15 is 0 Å². The third kappa shape index (κ3) is 4.22. The Kier molecular flexibility index (Phi) is 5.75. The molecule has 0 bridgehead atoms. The van der Waals surface area contributed by atoms with Gasteiger partial charge in [-0.2, -0.15) is 0 Å². The Labute approximate surface area is 149 Å². The molecule has 0 aliphatic carbocycles. The molecular formula is C18H28N4O3. The molecule has 2 aliphatic rings.